The van der Waals surface area contributed by atoms with Crippen LogP contribution in [-0.4, -0.2) is 57.3 Å². The molecule has 2 aromatic rings. The van der Waals surface area contributed by atoms with Crippen LogP contribution in [-0.2, 0) is 6.42 Å². The summed E-state index contributed by atoms with van der Waals surface area (Å²) in [5.74, 6) is 1.77. The van der Waals surface area contributed by atoms with Crippen LogP contribution >= 0.6 is 0 Å². The molecule has 0 amide bonds. The Labute approximate surface area is 169 Å². The van der Waals surface area contributed by atoms with Gasteiger partial charge in [-0.05, 0) is 56.0 Å². The summed E-state index contributed by atoms with van der Waals surface area (Å²) in [6.45, 7) is 6.71. The van der Waals surface area contributed by atoms with Gasteiger partial charge in [-0.3, -0.25) is 4.90 Å². The molecule has 0 aromatic heterocycles. The minimum atomic E-state index is 0.643. The van der Waals surface area contributed by atoms with Crippen molar-refractivity contribution in [3.8, 4) is 5.75 Å². The first-order valence-electron chi connectivity index (χ1n) is 10.7. The second-order valence-electron chi connectivity index (χ2n) is 8.04. The average Bonchev–Trinajstić information content (AvgIpc) is 2.79. The van der Waals surface area contributed by atoms with Gasteiger partial charge in [0.15, 0.2) is 0 Å². The van der Waals surface area contributed by atoms with E-state index < -0.39 is 0 Å². The van der Waals surface area contributed by atoms with Crippen LogP contribution in [0.4, 0.5) is 5.69 Å². The first-order chi connectivity index (χ1) is 13.8. The van der Waals surface area contributed by atoms with Crippen molar-refractivity contribution in [2.24, 2.45) is 5.92 Å². The summed E-state index contributed by atoms with van der Waals surface area (Å²) < 4.78 is 5.58. The number of nitrogens with one attached hydrogen (secondary N) is 1. The van der Waals surface area contributed by atoms with E-state index >= 15 is 0 Å². The quantitative estimate of drug-likeness (QED) is 0.832. The van der Waals surface area contributed by atoms with E-state index in [0.717, 1.165) is 50.9 Å². The summed E-state index contributed by atoms with van der Waals surface area (Å²) in [7, 11) is 1.77. The molecular formula is C24H33N3O. The molecule has 0 saturated carbocycles. The Bertz CT molecular complexity index is 722. The molecule has 1 N–H and O–H groups in total. The van der Waals surface area contributed by atoms with Crippen molar-refractivity contribution in [3.63, 3.8) is 0 Å². The van der Waals surface area contributed by atoms with Crippen molar-refractivity contribution < 1.29 is 4.74 Å². The number of piperidine rings is 1. The van der Waals surface area contributed by atoms with Crippen LogP contribution < -0.4 is 15.0 Å². The molecule has 4 heteroatoms. The normalized spacial score (nSPS) is 20.1. The zero-order valence-electron chi connectivity index (χ0n) is 17.0. The molecule has 0 spiro atoms. The topological polar surface area (TPSA) is 27.7 Å². The van der Waals surface area contributed by atoms with Gasteiger partial charge in [-0.1, -0.05) is 42.5 Å². The lowest BCUT2D eigenvalue weighted by Gasteiger charge is -2.44. The highest BCUT2D eigenvalue weighted by atomic mass is 16.5. The average molecular weight is 380 g/mol. The monoisotopic (exact) mass is 379 g/mol. The molecule has 2 heterocycles. The minimum absolute atomic E-state index is 0.643. The molecule has 150 valence electrons. The summed E-state index contributed by atoms with van der Waals surface area (Å²) in [6, 6.07) is 20.1. The highest BCUT2D eigenvalue weighted by Crippen LogP contribution is 2.30. The lowest BCUT2D eigenvalue weighted by molar-refractivity contribution is 0.113. The predicted molar refractivity (Wildman–Crippen MR) is 116 cm³/mol. The van der Waals surface area contributed by atoms with Gasteiger partial charge < -0.3 is 15.0 Å². The van der Waals surface area contributed by atoms with Gasteiger partial charge in [0.1, 0.15) is 5.75 Å². The third-order valence-electron chi connectivity index (χ3n) is 6.42. The number of rotatable bonds is 6. The molecule has 2 aromatic carbocycles. The SMILES string of the molecule is COc1ccccc1N1CCN(C(Cc2ccccc2)C2CCNCC2)CC1. The molecule has 1 unspecified atom stereocenters. The van der Waals surface area contributed by atoms with Crippen molar-refractivity contribution in [2.45, 2.75) is 25.3 Å². The smallest absolute Gasteiger partial charge is 0.142 e. The van der Waals surface area contributed by atoms with Crippen molar-refractivity contribution in [3.05, 3.63) is 60.2 Å². The summed E-state index contributed by atoms with van der Waals surface area (Å²) in [5, 5.41) is 3.54. The molecule has 2 aliphatic rings. The van der Waals surface area contributed by atoms with E-state index in [1.165, 1.54) is 30.5 Å². The minimum Gasteiger partial charge on any atom is -0.495 e. The van der Waals surface area contributed by atoms with E-state index in [4.69, 9.17) is 4.74 Å². The summed E-state index contributed by atoms with van der Waals surface area (Å²) in [4.78, 5) is 5.24. The predicted octanol–water partition coefficient (Wildman–Crippen LogP) is 3.43. The molecule has 2 saturated heterocycles. The third-order valence-corrected chi connectivity index (χ3v) is 6.42. The molecule has 2 fully saturated rings. The first kappa shape index (κ1) is 19.3. The Hall–Kier alpha value is -2.04. The van der Waals surface area contributed by atoms with E-state index in [0.29, 0.717) is 6.04 Å². The fraction of sp³-hybridized carbons (Fsp3) is 0.500. The second-order valence-corrected chi connectivity index (χ2v) is 8.04. The Morgan fingerprint density at radius 3 is 2.32 bits per heavy atom. The van der Waals surface area contributed by atoms with Crippen LogP contribution in [0.1, 0.15) is 18.4 Å². The number of para-hydroxylation sites is 2. The molecule has 0 aliphatic carbocycles. The lowest BCUT2D eigenvalue weighted by Crippen LogP contribution is -2.54. The Balaban J connectivity index is 1.45. The van der Waals surface area contributed by atoms with Crippen LogP contribution in [0.5, 0.6) is 5.75 Å². The molecule has 28 heavy (non-hydrogen) atoms. The third kappa shape index (κ3) is 4.50. The van der Waals surface area contributed by atoms with Crippen molar-refractivity contribution in [1.82, 2.24) is 10.2 Å². The summed E-state index contributed by atoms with van der Waals surface area (Å²) in [5.41, 5.74) is 2.70. The molecule has 1 atom stereocenters. The lowest BCUT2D eigenvalue weighted by atomic mass is 9.85. The maximum atomic E-state index is 5.58. The molecule has 0 bridgehead atoms. The van der Waals surface area contributed by atoms with Crippen molar-refractivity contribution in [1.29, 1.82) is 0 Å². The summed E-state index contributed by atoms with van der Waals surface area (Å²) >= 11 is 0. The Morgan fingerprint density at radius 2 is 1.61 bits per heavy atom. The Kier molecular flexibility index (Phi) is 6.50. The largest absolute Gasteiger partial charge is 0.495 e. The fourth-order valence-corrected chi connectivity index (χ4v) is 4.86. The molecule has 4 rings (SSSR count). The van der Waals surface area contributed by atoms with Crippen LogP contribution in [0.15, 0.2) is 54.6 Å². The fourth-order valence-electron chi connectivity index (χ4n) is 4.86. The molecule has 4 nitrogen and oxygen atoms in total. The van der Waals surface area contributed by atoms with Gasteiger partial charge in [-0.25, -0.2) is 0 Å². The van der Waals surface area contributed by atoms with Crippen LogP contribution in [0.3, 0.4) is 0 Å². The van der Waals surface area contributed by atoms with Gasteiger partial charge in [-0.2, -0.15) is 0 Å². The first-order valence-corrected chi connectivity index (χ1v) is 10.7. The number of hydrogen-bond acceptors (Lipinski definition) is 4. The number of anilines is 1. The van der Waals surface area contributed by atoms with Gasteiger partial charge in [-0.15, -0.1) is 0 Å². The highest BCUT2D eigenvalue weighted by molar-refractivity contribution is 5.58. The maximum Gasteiger partial charge on any atom is 0.142 e. The van der Waals surface area contributed by atoms with Crippen molar-refractivity contribution >= 4 is 5.69 Å². The maximum absolute atomic E-state index is 5.58. The van der Waals surface area contributed by atoms with Crippen LogP contribution in [0.25, 0.3) is 0 Å². The van der Waals surface area contributed by atoms with Gasteiger partial charge >= 0.3 is 0 Å². The Morgan fingerprint density at radius 1 is 0.929 bits per heavy atom. The summed E-state index contributed by atoms with van der Waals surface area (Å²) in [6.07, 6.45) is 3.76. The van der Waals surface area contributed by atoms with E-state index in [-0.39, 0.29) is 0 Å². The number of ether oxygens (including phenoxy) is 1. The van der Waals surface area contributed by atoms with E-state index in [1.807, 2.05) is 6.07 Å². The molecular weight excluding hydrogens is 346 g/mol. The van der Waals surface area contributed by atoms with Crippen LogP contribution in [0, 0.1) is 5.92 Å². The number of hydrogen-bond donors (Lipinski definition) is 1. The second kappa shape index (κ2) is 9.44. The van der Waals surface area contributed by atoms with Gasteiger partial charge in [0.25, 0.3) is 0 Å². The molecule has 2 aliphatic heterocycles. The number of piperazine rings is 1. The zero-order chi connectivity index (χ0) is 19.2. The van der Waals surface area contributed by atoms with Gasteiger partial charge in [0, 0.05) is 32.2 Å². The van der Waals surface area contributed by atoms with Crippen LogP contribution in [0.2, 0.25) is 0 Å². The van der Waals surface area contributed by atoms with Gasteiger partial charge in [0.05, 0.1) is 12.8 Å². The number of nitrogens with zero attached hydrogens (tertiary/aromatic N) is 2. The highest BCUT2D eigenvalue weighted by Gasteiger charge is 2.31. The molecule has 0 radical (unpaired) electrons. The van der Waals surface area contributed by atoms with E-state index in [2.05, 4.69) is 63.6 Å². The van der Waals surface area contributed by atoms with Gasteiger partial charge in [0.2, 0.25) is 0 Å². The number of methoxy groups -OCH3 is 1. The number of benzene rings is 2. The standard InChI is InChI=1S/C24H33N3O/c1-28-24-10-6-5-9-22(24)26-15-17-27(18-16-26)23(21-11-13-25-14-12-21)19-20-7-3-2-4-8-20/h2-10,21,23,25H,11-19H2,1H3. The zero-order valence-corrected chi connectivity index (χ0v) is 17.0. The van der Waals surface area contributed by atoms with Crippen molar-refractivity contribution in [2.75, 3.05) is 51.3 Å². The van der Waals surface area contributed by atoms with E-state index in [9.17, 15) is 0 Å². The van der Waals surface area contributed by atoms with E-state index in [1.54, 1.807) is 7.11 Å².